The monoisotopic (exact) mass is 228 g/mol. The van der Waals surface area contributed by atoms with Crippen LogP contribution in [0.4, 0.5) is 0 Å². The molecule has 1 saturated carbocycles. The van der Waals surface area contributed by atoms with E-state index in [1.165, 1.54) is 12.8 Å². The molecule has 4 heteroatoms. The molecule has 0 unspecified atom stereocenters. The molecular formula is C10H9ClO2S. The van der Waals surface area contributed by atoms with Gasteiger partial charge in [-0.25, -0.2) is 4.79 Å². The summed E-state index contributed by atoms with van der Waals surface area (Å²) >= 11 is 7.48. The first kappa shape index (κ1) is 9.87. The summed E-state index contributed by atoms with van der Waals surface area (Å²) in [5.41, 5.74) is 0.192. The van der Waals surface area contributed by atoms with E-state index in [2.05, 4.69) is 0 Å². The molecule has 0 bridgehead atoms. The van der Waals surface area contributed by atoms with Crippen LogP contribution in [0.2, 0.25) is 5.02 Å². The molecule has 1 aromatic rings. The van der Waals surface area contributed by atoms with Crippen molar-refractivity contribution in [2.24, 2.45) is 0 Å². The number of carboxylic acids is 1. The molecule has 1 fully saturated rings. The van der Waals surface area contributed by atoms with E-state index in [9.17, 15) is 4.79 Å². The number of benzene rings is 1. The molecule has 2 nitrogen and oxygen atoms in total. The first-order chi connectivity index (χ1) is 6.66. The number of halogens is 1. The maximum atomic E-state index is 10.8. The second kappa shape index (κ2) is 3.83. The Hall–Kier alpha value is -0.670. The zero-order valence-corrected chi connectivity index (χ0v) is 8.94. The molecule has 14 heavy (non-hydrogen) atoms. The lowest BCUT2D eigenvalue weighted by Gasteiger charge is -2.02. The highest BCUT2D eigenvalue weighted by Gasteiger charge is 2.23. The van der Waals surface area contributed by atoms with Crippen LogP contribution in [-0.2, 0) is 0 Å². The average molecular weight is 229 g/mol. The Labute approximate surface area is 91.3 Å². The molecule has 1 aliphatic carbocycles. The van der Waals surface area contributed by atoms with Crippen molar-refractivity contribution in [3.8, 4) is 0 Å². The summed E-state index contributed by atoms with van der Waals surface area (Å²) in [6, 6.07) is 5.17. The van der Waals surface area contributed by atoms with Crippen LogP contribution >= 0.6 is 23.4 Å². The molecule has 74 valence electrons. The van der Waals surface area contributed by atoms with Gasteiger partial charge in [-0.1, -0.05) is 11.6 Å². The van der Waals surface area contributed by atoms with Gasteiger partial charge in [0.15, 0.2) is 0 Å². The maximum absolute atomic E-state index is 10.8. The van der Waals surface area contributed by atoms with Gasteiger partial charge in [0.05, 0.1) is 10.6 Å². The van der Waals surface area contributed by atoms with Crippen molar-refractivity contribution in [2.45, 2.75) is 23.0 Å². The van der Waals surface area contributed by atoms with Crippen LogP contribution in [0.1, 0.15) is 23.2 Å². The van der Waals surface area contributed by atoms with Crippen molar-refractivity contribution in [1.82, 2.24) is 0 Å². The van der Waals surface area contributed by atoms with E-state index in [1.54, 1.807) is 23.9 Å². The molecule has 1 aliphatic rings. The molecule has 0 amide bonds. The molecular weight excluding hydrogens is 220 g/mol. The topological polar surface area (TPSA) is 37.3 Å². The van der Waals surface area contributed by atoms with Crippen LogP contribution in [0.25, 0.3) is 0 Å². The summed E-state index contributed by atoms with van der Waals surface area (Å²) in [5.74, 6) is -0.965. The quantitative estimate of drug-likeness (QED) is 0.863. The summed E-state index contributed by atoms with van der Waals surface area (Å²) in [5, 5.41) is 9.83. The van der Waals surface area contributed by atoms with Gasteiger partial charge in [-0.15, -0.1) is 11.8 Å². The molecule has 2 rings (SSSR count). The molecule has 0 aliphatic heterocycles. The van der Waals surface area contributed by atoms with E-state index < -0.39 is 5.97 Å². The second-order valence-electron chi connectivity index (χ2n) is 3.26. The van der Waals surface area contributed by atoms with Crippen molar-refractivity contribution in [2.75, 3.05) is 0 Å². The van der Waals surface area contributed by atoms with Crippen LogP contribution in [0, 0.1) is 0 Å². The van der Waals surface area contributed by atoms with E-state index in [0.717, 1.165) is 4.90 Å². The third kappa shape index (κ3) is 2.22. The fourth-order valence-corrected chi connectivity index (χ4v) is 2.41. The van der Waals surface area contributed by atoms with Crippen molar-refractivity contribution >= 4 is 29.3 Å². The van der Waals surface area contributed by atoms with Gasteiger partial charge in [0.2, 0.25) is 0 Å². The highest BCUT2D eigenvalue weighted by molar-refractivity contribution is 8.00. The third-order valence-corrected chi connectivity index (χ3v) is 3.66. The summed E-state index contributed by atoms with van der Waals surface area (Å²) in [6.07, 6.45) is 2.46. The summed E-state index contributed by atoms with van der Waals surface area (Å²) in [4.78, 5) is 11.8. The highest BCUT2D eigenvalue weighted by atomic mass is 35.5. The molecule has 0 radical (unpaired) electrons. The van der Waals surface area contributed by atoms with Gasteiger partial charge in [-0.3, -0.25) is 0 Å². The lowest BCUT2D eigenvalue weighted by molar-refractivity contribution is 0.0697. The predicted octanol–water partition coefficient (Wildman–Crippen LogP) is 3.29. The summed E-state index contributed by atoms with van der Waals surface area (Å²) < 4.78 is 0. The standard InChI is InChI=1S/C10H9ClO2S/c11-9-4-3-7(14-6-1-2-6)5-8(9)10(12)13/h3-6H,1-2H2,(H,12,13). The van der Waals surface area contributed by atoms with Gasteiger partial charge in [-0.2, -0.15) is 0 Å². The normalized spacial score (nSPS) is 15.5. The van der Waals surface area contributed by atoms with E-state index in [4.69, 9.17) is 16.7 Å². The van der Waals surface area contributed by atoms with Crippen LogP contribution in [-0.4, -0.2) is 16.3 Å². The number of hydrogen-bond donors (Lipinski definition) is 1. The van der Waals surface area contributed by atoms with Gasteiger partial charge in [0, 0.05) is 10.1 Å². The van der Waals surface area contributed by atoms with Crippen molar-refractivity contribution in [3.63, 3.8) is 0 Å². The molecule has 0 heterocycles. The molecule has 1 N–H and O–H groups in total. The largest absolute Gasteiger partial charge is 0.478 e. The van der Waals surface area contributed by atoms with Crippen molar-refractivity contribution < 1.29 is 9.90 Å². The Morgan fingerprint density at radius 1 is 1.50 bits per heavy atom. The first-order valence-corrected chi connectivity index (χ1v) is 5.62. The Morgan fingerprint density at radius 2 is 2.21 bits per heavy atom. The van der Waals surface area contributed by atoms with Crippen LogP contribution in [0.15, 0.2) is 23.1 Å². The number of carbonyl (C=O) groups is 1. The SMILES string of the molecule is O=C(O)c1cc(SC2CC2)ccc1Cl. The van der Waals surface area contributed by atoms with Crippen LogP contribution in [0.5, 0.6) is 0 Å². The highest BCUT2D eigenvalue weighted by Crippen LogP contribution is 2.39. The minimum atomic E-state index is -0.965. The number of thioether (sulfide) groups is 1. The third-order valence-electron chi connectivity index (χ3n) is 2.00. The Balaban J connectivity index is 2.24. The Bertz CT molecular complexity index is 374. The Kier molecular flexibility index (Phi) is 2.70. The van der Waals surface area contributed by atoms with Gasteiger partial charge < -0.3 is 5.11 Å². The van der Waals surface area contributed by atoms with E-state index >= 15 is 0 Å². The molecule has 0 atom stereocenters. The zero-order valence-electron chi connectivity index (χ0n) is 7.37. The molecule has 0 saturated heterocycles. The fourth-order valence-electron chi connectivity index (χ4n) is 1.12. The lowest BCUT2D eigenvalue weighted by atomic mass is 10.2. The van der Waals surface area contributed by atoms with Gasteiger partial charge in [-0.05, 0) is 31.0 Å². The Morgan fingerprint density at radius 3 is 2.79 bits per heavy atom. The maximum Gasteiger partial charge on any atom is 0.337 e. The smallest absolute Gasteiger partial charge is 0.337 e. The van der Waals surface area contributed by atoms with Crippen molar-refractivity contribution in [3.05, 3.63) is 28.8 Å². The van der Waals surface area contributed by atoms with E-state index in [-0.39, 0.29) is 5.56 Å². The molecule has 0 spiro atoms. The number of rotatable bonds is 3. The minimum absolute atomic E-state index is 0.192. The van der Waals surface area contributed by atoms with E-state index in [1.807, 2.05) is 6.07 Å². The number of aromatic carboxylic acids is 1. The van der Waals surface area contributed by atoms with Gasteiger partial charge in [0.25, 0.3) is 0 Å². The van der Waals surface area contributed by atoms with Crippen LogP contribution in [0.3, 0.4) is 0 Å². The van der Waals surface area contributed by atoms with Gasteiger partial charge >= 0.3 is 5.97 Å². The summed E-state index contributed by atoms with van der Waals surface area (Å²) in [6.45, 7) is 0. The van der Waals surface area contributed by atoms with Gasteiger partial charge in [0.1, 0.15) is 0 Å². The summed E-state index contributed by atoms with van der Waals surface area (Å²) in [7, 11) is 0. The minimum Gasteiger partial charge on any atom is -0.478 e. The average Bonchev–Trinajstić information content (AvgIpc) is 2.92. The number of hydrogen-bond acceptors (Lipinski definition) is 2. The fraction of sp³-hybridized carbons (Fsp3) is 0.300. The zero-order chi connectivity index (χ0) is 10.1. The lowest BCUT2D eigenvalue weighted by Crippen LogP contribution is -1.97. The van der Waals surface area contributed by atoms with Crippen LogP contribution < -0.4 is 0 Å². The predicted molar refractivity (Wildman–Crippen MR) is 57.3 cm³/mol. The van der Waals surface area contributed by atoms with Crippen molar-refractivity contribution in [1.29, 1.82) is 0 Å². The molecule has 0 aromatic heterocycles. The number of carboxylic acid groups (broad SMARTS) is 1. The van der Waals surface area contributed by atoms with E-state index in [0.29, 0.717) is 10.3 Å². The molecule has 1 aromatic carbocycles. The second-order valence-corrected chi connectivity index (χ2v) is 5.04. The first-order valence-electron chi connectivity index (χ1n) is 4.36.